The van der Waals surface area contributed by atoms with E-state index in [-0.39, 0.29) is 0 Å². The van der Waals surface area contributed by atoms with Crippen LogP contribution in [0.25, 0.3) is 20.7 Å². The van der Waals surface area contributed by atoms with E-state index >= 15 is 0 Å². The van der Waals surface area contributed by atoms with Gasteiger partial charge in [-0.3, -0.25) is 0 Å². The Morgan fingerprint density at radius 3 is 2.92 bits per heavy atom. The Labute approximate surface area is 95.8 Å². The SMILES string of the molecule is Ic1cc2nc3sccc3nc2s1. The predicted molar refractivity (Wildman–Crippen MR) is 65.5 cm³/mol. The highest BCUT2D eigenvalue weighted by molar-refractivity contribution is 14.1. The van der Waals surface area contributed by atoms with E-state index in [4.69, 9.17) is 0 Å². The van der Waals surface area contributed by atoms with Crippen LogP contribution in [0.1, 0.15) is 0 Å². The van der Waals surface area contributed by atoms with Crippen molar-refractivity contribution in [1.82, 2.24) is 9.97 Å². The summed E-state index contributed by atoms with van der Waals surface area (Å²) >= 11 is 5.63. The maximum atomic E-state index is 4.52. The maximum absolute atomic E-state index is 4.52. The van der Waals surface area contributed by atoms with Crippen LogP contribution in [0.3, 0.4) is 0 Å². The summed E-state index contributed by atoms with van der Waals surface area (Å²) in [5.74, 6) is 0. The fourth-order valence-electron chi connectivity index (χ4n) is 1.19. The van der Waals surface area contributed by atoms with Crippen molar-refractivity contribution in [2.75, 3.05) is 0 Å². The number of hydrogen-bond acceptors (Lipinski definition) is 4. The third-order valence-electron chi connectivity index (χ3n) is 1.73. The van der Waals surface area contributed by atoms with Gasteiger partial charge in [0.05, 0.1) is 2.88 Å². The van der Waals surface area contributed by atoms with Gasteiger partial charge in [0.15, 0.2) is 0 Å². The normalized spacial score (nSPS) is 11.5. The molecule has 0 aromatic carbocycles. The van der Waals surface area contributed by atoms with Crippen molar-refractivity contribution >= 4 is 66.0 Å². The van der Waals surface area contributed by atoms with Gasteiger partial charge in [0.2, 0.25) is 0 Å². The molecule has 0 saturated carbocycles. The molecule has 0 amide bonds. The van der Waals surface area contributed by atoms with Gasteiger partial charge in [-0.15, -0.1) is 22.7 Å². The Kier molecular flexibility index (Phi) is 1.78. The number of nitrogens with zero attached hydrogens (tertiary/aromatic N) is 2. The van der Waals surface area contributed by atoms with Gasteiger partial charge >= 0.3 is 0 Å². The first-order valence-electron chi connectivity index (χ1n) is 3.63. The predicted octanol–water partition coefficient (Wildman–Crippen LogP) is 3.51. The lowest BCUT2D eigenvalue weighted by molar-refractivity contribution is 1.46. The number of rotatable bonds is 0. The van der Waals surface area contributed by atoms with Crippen LogP contribution in [-0.4, -0.2) is 9.97 Å². The zero-order chi connectivity index (χ0) is 8.84. The average molecular weight is 318 g/mol. The maximum Gasteiger partial charge on any atom is 0.143 e. The minimum atomic E-state index is 1.01. The molecule has 0 unspecified atom stereocenters. The van der Waals surface area contributed by atoms with Gasteiger partial charge in [-0.2, -0.15) is 0 Å². The minimum absolute atomic E-state index is 1.01. The number of hydrogen-bond donors (Lipinski definition) is 0. The first-order valence-corrected chi connectivity index (χ1v) is 6.41. The molecule has 3 aromatic heterocycles. The monoisotopic (exact) mass is 318 g/mol. The first kappa shape index (κ1) is 8.07. The van der Waals surface area contributed by atoms with Gasteiger partial charge < -0.3 is 0 Å². The Morgan fingerprint density at radius 2 is 2.00 bits per heavy atom. The van der Waals surface area contributed by atoms with Crippen molar-refractivity contribution < 1.29 is 0 Å². The van der Waals surface area contributed by atoms with Gasteiger partial charge in [-0.25, -0.2) is 9.97 Å². The highest BCUT2D eigenvalue weighted by Crippen LogP contribution is 2.27. The van der Waals surface area contributed by atoms with Crippen LogP contribution in [-0.2, 0) is 0 Å². The fraction of sp³-hybridized carbons (Fsp3) is 0. The Balaban J connectivity index is 2.54. The molecule has 0 bridgehead atoms. The lowest BCUT2D eigenvalue weighted by atomic mass is 10.5. The second-order valence-electron chi connectivity index (χ2n) is 2.58. The lowest BCUT2D eigenvalue weighted by Crippen LogP contribution is -1.76. The Morgan fingerprint density at radius 1 is 1.15 bits per heavy atom. The van der Waals surface area contributed by atoms with Gasteiger partial charge in [0.25, 0.3) is 0 Å². The van der Waals surface area contributed by atoms with Gasteiger partial charge in [0.1, 0.15) is 20.7 Å². The standard InChI is InChI=1S/C8H3IN2S2/c9-6-3-5-8(13-6)10-4-1-2-12-7(4)11-5/h1-3H. The van der Waals surface area contributed by atoms with Crippen molar-refractivity contribution in [2.24, 2.45) is 0 Å². The van der Waals surface area contributed by atoms with E-state index in [2.05, 4.69) is 38.6 Å². The number of aromatic nitrogens is 2. The quantitative estimate of drug-likeness (QED) is 0.593. The molecule has 5 heteroatoms. The molecular formula is C8H3IN2S2. The van der Waals surface area contributed by atoms with Crippen molar-refractivity contribution in [2.45, 2.75) is 0 Å². The Hall–Kier alpha value is -0.270. The molecule has 0 fully saturated rings. The molecule has 0 spiro atoms. The molecule has 64 valence electrons. The second kappa shape index (κ2) is 2.86. The molecule has 0 aliphatic heterocycles. The third kappa shape index (κ3) is 1.26. The molecule has 2 nitrogen and oxygen atoms in total. The summed E-state index contributed by atoms with van der Waals surface area (Å²) < 4.78 is 1.24. The largest absolute Gasteiger partial charge is 0.233 e. The molecule has 0 N–H and O–H groups in total. The van der Waals surface area contributed by atoms with Crippen molar-refractivity contribution in [3.05, 3.63) is 20.4 Å². The van der Waals surface area contributed by atoms with E-state index in [0.717, 1.165) is 20.7 Å². The summed E-state index contributed by atoms with van der Waals surface area (Å²) in [6.07, 6.45) is 0. The third-order valence-corrected chi connectivity index (χ3v) is 4.31. The topological polar surface area (TPSA) is 25.8 Å². The molecule has 0 radical (unpaired) electrons. The van der Waals surface area contributed by atoms with E-state index < -0.39 is 0 Å². The second-order valence-corrected chi connectivity index (χ2v) is 6.39. The number of fused-ring (bicyclic) bond motifs is 2. The van der Waals surface area contributed by atoms with Crippen LogP contribution in [0.15, 0.2) is 17.5 Å². The zero-order valence-electron chi connectivity index (χ0n) is 6.32. The van der Waals surface area contributed by atoms with Crippen molar-refractivity contribution in [3.8, 4) is 0 Å². The average Bonchev–Trinajstić information content (AvgIpc) is 2.63. The van der Waals surface area contributed by atoms with Crippen molar-refractivity contribution in [1.29, 1.82) is 0 Å². The minimum Gasteiger partial charge on any atom is -0.233 e. The van der Waals surface area contributed by atoms with Gasteiger partial charge in [0, 0.05) is 0 Å². The van der Waals surface area contributed by atoms with E-state index in [1.165, 1.54) is 2.88 Å². The Bertz CT molecular complexity index is 536. The van der Waals surface area contributed by atoms with E-state index in [1.54, 1.807) is 22.7 Å². The lowest BCUT2D eigenvalue weighted by Gasteiger charge is -1.87. The van der Waals surface area contributed by atoms with Gasteiger partial charge in [-0.05, 0) is 40.1 Å². The molecule has 3 aromatic rings. The molecule has 0 atom stereocenters. The van der Waals surface area contributed by atoms with E-state index in [1.807, 2.05) is 11.4 Å². The highest BCUT2D eigenvalue weighted by Gasteiger charge is 2.05. The van der Waals surface area contributed by atoms with Crippen LogP contribution in [0, 0.1) is 2.88 Å². The number of halogens is 1. The van der Waals surface area contributed by atoms with E-state index in [0.29, 0.717) is 0 Å². The molecule has 0 aliphatic rings. The van der Waals surface area contributed by atoms with Crippen LogP contribution >= 0.6 is 45.3 Å². The highest BCUT2D eigenvalue weighted by atomic mass is 127. The molecule has 3 heterocycles. The van der Waals surface area contributed by atoms with E-state index in [9.17, 15) is 0 Å². The molecule has 3 rings (SSSR count). The number of thiophene rings is 2. The summed E-state index contributed by atoms with van der Waals surface area (Å²) in [5.41, 5.74) is 2.03. The fourth-order valence-corrected chi connectivity index (χ4v) is 3.53. The molecule has 0 aliphatic carbocycles. The molecule has 13 heavy (non-hydrogen) atoms. The summed E-state index contributed by atoms with van der Waals surface area (Å²) in [4.78, 5) is 11.1. The molecule has 0 saturated heterocycles. The van der Waals surface area contributed by atoms with Crippen LogP contribution < -0.4 is 0 Å². The first-order chi connectivity index (χ1) is 6.33. The van der Waals surface area contributed by atoms with Crippen LogP contribution in [0.5, 0.6) is 0 Å². The summed E-state index contributed by atoms with van der Waals surface area (Å²) in [5, 5.41) is 2.03. The van der Waals surface area contributed by atoms with Gasteiger partial charge in [-0.1, -0.05) is 0 Å². The zero-order valence-corrected chi connectivity index (χ0v) is 10.1. The smallest absolute Gasteiger partial charge is 0.143 e. The summed E-state index contributed by atoms with van der Waals surface area (Å²) in [6, 6.07) is 4.09. The van der Waals surface area contributed by atoms with Crippen LogP contribution in [0.2, 0.25) is 0 Å². The summed E-state index contributed by atoms with van der Waals surface area (Å²) in [6.45, 7) is 0. The van der Waals surface area contributed by atoms with Crippen molar-refractivity contribution in [3.63, 3.8) is 0 Å². The van der Waals surface area contributed by atoms with Crippen LogP contribution in [0.4, 0.5) is 0 Å². The summed E-state index contributed by atoms with van der Waals surface area (Å²) in [7, 11) is 0. The molecular weight excluding hydrogens is 315 g/mol.